The smallest absolute Gasteiger partial charge is 0.191 e. The largest absolute Gasteiger partial charge is 0.356 e. The van der Waals surface area contributed by atoms with E-state index in [2.05, 4.69) is 98.8 Å². The molecule has 1 aromatic heterocycles. The van der Waals surface area contributed by atoms with Gasteiger partial charge in [0.25, 0.3) is 0 Å². The van der Waals surface area contributed by atoms with Gasteiger partial charge in [-0.2, -0.15) is 0 Å². The summed E-state index contributed by atoms with van der Waals surface area (Å²) >= 11 is 0. The lowest BCUT2D eigenvalue weighted by molar-refractivity contribution is 0.238. The summed E-state index contributed by atoms with van der Waals surface area (Å²) in [6, 6.07) is 15.4. The van der Waals surface area contributed by atoms with Crippen LogP contribution in [0.1, 0.15) is 24.5 Å². The molecule has 182 valence electrons. The number of anilines is 1. The van der Waals surface area contributed by atoms with Gasteiger partial charge in [0, 0.05) is 65.1 Å². The van der Waals surface area contributed by atoms with E-state index in [1.54, 1.807) is 0 Å². The maximum Gasteiger partial charge on any atom is 0.191 e. The Bertz CT molecular complexity index is 838. The van der Waals surface area contributed by atoms with Gasteiger partial charge in [-0.1, -0.05) is 30.3 Å². The van der Waals surface area contributed by atoms with Crippen LogP contribution in [0.4, 0.5) is 5.82 Å². The van der Waals surface area contributed by atoms with E-state index in [4.69, 9.17) is 0 Å². The molecule has 7 nitrogen and oxygen atoms in total. The average Bonchev–Trinajstić information content (AvgIpc) is 2.82. The molecule has 1 aromatic carbocycles. The molecular formula is C25H40IN7. The Morgan fingerprint density at radius 2 is 1.82 bits per heavy atom. The molecule has 0 amide bonds. The summed E-state index contributed by atoms with van der Waals surface area (Å²) in [5.41, 5.74) is 2.56. The highest BCUT2D eigenvalue weighted by Gasteiger charge is 2.15. The average molecular weight is 566 g/mol. The van der Waals surface area contributed by atoms with Gasteiger partial charge >= 0.3 is 0 Å². The van der Waals surface area contributed by atoms with Crippen molar-refractivity contribution in [3.8, 4) is 0 Å². The molecule has 0 radical (unpaired) electrons. The van der Waals surface area contributed by atoms with Crippen LogP contribution in [-0.4, -0.2) is 80.7 Å². The Kier molecular flexibility index (Phi) is 11.9. The Morgan fingerprint density at radius 3 is 2.52 bits per heavy atom. The molecule has 1 aliphatic heterocycles. The molecule has 33 heavy (non-hydrogen) atoms. The fourth-order valence-electron chi connectivity index (χ4n) is 3.83. The van der Waals surface area contributed by atoms with Gasteiger partial charge in [-0.3, -0.25) is 9.89 Å². The van der Waals surface area contributed by atoms with Gasteiger partial charge in [-0.15, -0.1) is 24.0 Å². The Morgan fingerprint density at radius 1 is 1.09 bits per heavy atom. The van der Waals surface area contributed by atoms with Crippen molar-refractivity contribution in [2.24, 2.45) is 4.99 Å². The highest BCUT2D eigenvalue weighted by atomic mass is 127. The lowest BCUT2D eigenvalue weighted by Gasteiger charge is -2.33. The molecule has 0 spiro atoms. The van der Waals surface area contributed by atoms with Crippen molar-refractivity contribution in [2.45, 2.75) is 32.5 Å². The number of guanidine groups is 1. The molecule has 8 heteroatoms. The number of nitrogens with one attached hydrogen (secondary N) is 2. The third-order valence-electron chi connectivity index (χ3n) is 6.20. The molecule has 1 unspecified atom stereocenters. The fraction of sp³-hybridized carbons (Fsp3) is 0.520. The molecular weight excluding hydrogens is 525 g/mol. The van der Waals surface area contributed by atoms with Gasteiger partial charge < -0.3 is 20.4 Å². The van der Waals surface area contributed by atoms with Crippen molar-refractivity contribution in [1.82, 2.24) is 25.4 Å². The maximum atomic E-state index is 4.58. The number of aromatic nitrogens is 1. The van der Waals surface area contributed by atoms with Gasteiger partial charge in [0.1, 0.15) is 5.82 Å². The van der Waals surface area contributed by atoms with E-state index in [1.807, 2.05) is 13.2 Å². The van der Waals surface area contributed by atoms with E-state index >= 15 is 0 Å². The molecule has 1 fully saturated rings. The first kappa shape index (κ1) is 27.3. The third kappa shape index (κ3) is 9.10. The van der Waals surface area contributed by atoms with Crippen molar-refractivity contribution in [3.63, 3.8) is 0 Å². The molecule has 2 aromatic rings. The minimum atomic E-state index is 0. The number of piperazine rings is 1. The van der Waals surface area contributed by atoms with Crippen LogP contribution in [0, 0.1) is 0 Å². The number of rotatable bonds is 9. The molecule has 1 saturated heterocycles. The number of pyridine rings is 1. The van der Waals surface area contributed by atoms with E-state index < -0.39 is 0 Å². The van der Waals surface area contributed by atoms with E-state index in [-0.39, 0.29) is 24.0 Å². The quantitative estimate of drug-likeness (QED) is 0.277. The first-order valence-corrected chi connectivity index (χ1v) is 11.6. The number of halogens is 1. The number of nitrogens with zero attached hydrogens (tertiary/aromatic N) is 5. The first-order chi connectivity index (χ1) is 15.5. The number of hydrogen-bond donors (Lipinski definition) is 2. The van der Waals surface area contributed by atoms with Crippen molar-refractivity contribution < 1.29 is 0 Å². The Hall–Kier alpha value is -1.91. The summed E-state index contributed by atoms with van der Waals surface area (Å²) in [6.07, 6.45) is 2.96. The predicted octanol–water partition coefficient (Wildman–Crippen LogP) is 3.03. The minimum Gasteiger partial charge on any atom is -0.356 e. The Balaban J connectivity index is 0.00000385. The van der Waals surface area contributed by atoms with Gasteiger partial charge in [-0.25, -0.2) is 4.98 Å². The second kappa shape index (κ2) is 14.4. The van der Waals surface area contributed by atoms with Crippen molar-refractivity contribution in [2.75, 3.05) is 58.8 Å². The molecule has 2 N–H and O–H groups in total. The van der Waals surface area contributed by atoms with Crippen LogP contribution in [-0.2, 0) is 13.1 Å². The topological polar surface area (TPSA) is 59.0 Å². The van der Waals surface area contributed by atoms with Gasteiger partial charge in [0.2, 0.25) is 0 Å². The van der Waals surface area contributed by atoms with Crippen LogP contribution in [0.5, 0.6) is 0 Å². The van der Waals surface area contributed by atoms with Crippen LogP contribution >= 0.6 is 24.0 Å². The summed E-state index contributed by atoms with van der Waals surface area (Å²) in [6.45, 7) is 9.07. The van der Waals surface area contributed by atoms with E-state index in [1.165, 1.54) is 11.1 Å². The second-order valence-electron chi connectivity index (χ2n) is 8.70. The number of aliphatic imine (C=N–C) groups is 1. The molecule has 1 aliphatic rings. The summed E-state index contributed by atoms with van der Waals surface area (Å²) < 4.78 is 0. The van der Waals surface area contributed by atoms with Crippen molar-refractivity contribution in [1.29, 1.82) is 0 Å². The van der Waals surface area contributed by atoms with E-state index in [0.717, 1.165) is 64.0 Å². The predicted molar refractivity (Wildman–Crippen MR) is 150 cm³/mol. The molecule has 0 saturated carbocycles. The monoisotopic (exact) mass is 565 g/mol. The maximum absolute atomic E-state index is 4.58. The second-order valence-corrected chi connectivity index (χ2v) is 8.70. The summed E-state index contributed by atoms with van der Waals surface area (Å²) in [4.78, 5) is 16.1. The number of benzene rings is 1. The summed E-state index contributed by atoms with van der Waals surface area (Å²) in [5.74, 6) is 1.90. The van der Waals surface area contributed by atoms with Crippen molar-refractivity contribution >= 4 is 35.8 Å². The zero-order valence-corrected chi connectivity index (χ0v) is 22.8. The van der Waals surface area contributed by atoms with E-state index in [9.17, 15) is 0 Å². The summed E-state index contributed by atoms with van der Waals surface area (Å²) in [7, 11) is 6.18. The SMILES string of the molecule is CN=C(NCCC(C)N(C)Cc1ccccc1)NCc1ccnc(N2CCN(C)CC2)c1.I. The first-order valence-electron chi connectivity index (χ1n) is 11.6. The third-order valence-corrected chi connectivity index (χ3v) is 6.20. The normalized spacial score (nSPS) is 15.8. The minimum absolute atomic E-state index is 0. The van der Waals surface area contributed by atoms with Gasteiger partial charge in [-0.05, 0) is 50.7 Å². The fourth-order valence-corrected chi connectivity index (χ4v) is 3.83. The lowest BCUT2D eigenvalue weighted by atomic mass is 10.1. The lowest BCUT2D eigenvalue weighted by Crippen LogP contribution is -2.44. The molecule has 0 aliphatic carbocycles. The standard InChI is InChI=1S/C25H39N7.HI/c1-21(31(4)20-22-8-6-5-7-9-22)10-12-28-25(26-2)29-19-23-11-13-27-24(18-23)32-16-14-30(3)15-17-32;/h5-9,11,13,18,21H,10,12,14-17,19-20H2,1-4H3,(H2,26,28,29);1H. The van der Waals surface area contributed by atoms with Crippen LogP contribution in [0.25, 0.3) is 0 Å². The number of hydrogen-bond acceptors (Lipinski definition) is 5. The van der Waals surface area contributed by atoms with Crippen LogP contribution < -0.4 is 15.5 Å². The van der Waals surface area contributed by atoms with Crippen LogP contribution in [0.3, 0.4) is 0 Å². The van der Waals surface area contributed by atoms with E-state index in [0.29, 0.717) is 6.04 Å². The van der Waals surface area contributed by atoms with Crippen LogP contribution in [0.15, 0.2) is 53.7 Å². The molecule has 1 atom stereocenters. The highest BCUT2D eigenvalue weighted by Crippen LogP contribution is 2.14. The number of likely N-dealkylation sites (N-methyl/N-ethyl adjacent to an activating group) is 1. The zero-order valence-electron chi connectivity index (χ0n) is 20.5. The molecule has 2 heterocycles. The highest BCUT2D eigenvalue weighted by molar-refractivity contribution is 14.0. The van der Waals surface area contributed by atoms with Gasteiger partial charge in [0.05, 0.1) is 0 Å². The van der Waals surface area contributed by atoms with Crippen molar-refractivity contribution in [3.05, 3.63) is 59.8 Å². The molecule has 3 rings (SSSR count). The molecule has 0 bridgehead atoms. The Labute approximate surface area is 216 Å². The zero-order chi connectivity index (χ0) is 22.8. The summed E-state index contributed by atoms with van der Waals surface area (Å²) in [5, 5.41) is 6.89. The van der Waals surface area contributed by atoms with Gasteiger partial charge in [0.15, 0.2) is 5.96 Å². The van der Waals surface area contributed by atoms with Crippen LogP contribution in [0.2, 0.25) is 0 Å².